The van der Waals surface area contributed by atoms with Gasteiger partial charge < -0.3 is 24.2 Å². The molecule has 2 aromatic rings. The molecule has 0 N–H and O–H groups in total. The quantitative estimate of drug-likeness (QED) is 0.553. The number of benzene rings is 2. The summed E-state index contributed by atoms with van der Waals surface area (Å²) in [5.74, 6) is -0.122. The molecule has 0 spiro atoms. The second-order valence-electron chi connectivity index (χ2n) is 8.47. The third-order valence-corrected chi connectivity index (χ3v) is 6.02. The smallest absolute Gasteiger partial charge is 0.265 e. The van der Waals surface area contributed by atoms with E-state index in [4.69, 9.17) is 9.47 Å². The van der Waals surface area contributed by atoms with E-state index in [2.05, 4.69) is 4.90 Å². The first-order valence-corrected chi connectivity index (χ1v) is 11.4. The number of Topliss-reactive ketones (excluding diaryl/α,β-unsaturated/α-hetero) is 1. The molecule has 9 heteroatoms. The Morgan fingerprint density at radius 1 is 1.09 bits per heavy atom. The van der Waals surface area contributed by atoms with Gasteiger partial charge in [0.1, 0.15) is 17.3 Å². The van der Waals surface area contributed by atoms with Crippen LogP contribution in [-0.2, 0) is 9.59 Å². The highest BCUT2D eigenvalue weighted by molar-refractivity contribution is 6.02. The number of nitrogens with zero attached hydrogens (tertiary/aromatic N) is 3. The maximum atomic E-state index is 13.3. The maximum Gasteiger partial charge on any atom is 0.265 e. The van der Waals surface area contributed by atoms with Gasteiger partial charge in [0, 0.05) is 50.8 Å². The van der Waals surface area contributed by atoms with E-state index in [0.717, 1.165) is 26.2 Å². The third-order valence-electron chi connectivity index (χ3n) is 6.02. The van der Waals surface area contributed by atoms with Crippen molar-refractivity contribution in [3.05, 3.63) is 53.8 Å². The minimum absolute atomic E-state index is 0.0879. The van der Waals surface area contributed by atoms with Gasteiger partial charge in [0.25, 0.3) is 5.91 Å². The Labute approximate surface area is 197 Å². The van der Waals surface area contributed by atoms with E-state index in [1.165, 1.54) is 18.2 Å². The molecular weight excluding hydrogens is 441 g/mol. The molecule has 1 saturated heterocycles. The van der Waals surface area contributed by atoms with Crippen LogP contribution in [0.4, 0.5) is 10.1 Å². The van der Waals surface area contributed by atoms with Gasteiger partial charge in [-0.2, -0.15) is 0 Å². The van der Waals surface area contributed by atoms with Crippen LogP contribution < -0.4 is 14.4 Å². The number of carbonyl (C=O) groups excluding carboxylic acids is 3. The van der Waals surface area contributed by atoms with Crippen LogP contribution in [0.2, 0.25) is 0 Å². The Hall–Kier alpha value is -3.46. The van der Waals surface area contributed by atoms with Gasteiger partial charge in [-0.05, 0) is 43.8 Å². The average molecular weight is 470 g/mol. The van der Waals surface area contributed by atoms with Crippen molar-refractivity contribution in [3.63, 3.8) is 0 Å². The van der Waals surface area contributed by atoms with Crippen molar-refractivity contribution in [3.8, 4) is 11.5 Å². The van der Waals surface area contributed by atoms with Crippen LogP contribution in [0.15, 0.2) is 42.5 Å². The fourth-order valence-electron chi connectivity index (χ4n) is 4.01. The summed E-state index contributed by atoms with van der Waals surface area (Å²) < 4.78 is 24.2. The number of ether oxygens (including phenoxy) is 2. The second-order valence-corrected chi connectivity index (χ2v) is 8.47. The van der Waals surface area contributed by atoms with Crippen molar-refractivity contribution < 1.29 is 28.2 Å². The zero-order chi connectivity index (χ0) is 24.1. The highest BCUT2D eigenvalue weighted by Gasteiger charge is 2.27. The van der Waals surface area contributed by atoms with Gasteiger partial charge in [-0.3, -0.25) is 14.4 Å². The zero-order valence-electron chi connectivity index (χ0n) is 19.2. The van der Waals surface area contributed by atoms with E-state index in [0.29, 0.717) is 36.4 Å². The van der Waals surface area contributed by atoms with Crippen LogP contribution in [0.5, 0.6) is 11.5 Å². The number of amides is 2. The van der Waals surface area contributed by atoms with Gasteiger partial charge in [0.05, 0.1) is 5.69 Å². The number of hydrogen-bond acceptors (Lipinski definition) is 6. The molecule has 2 aliphatic rings. The van der Waals surface area contributed by atoms with Gasteiger partial charge >= 0.3 is 0 Å². The fourth-order valence-corrected chi connectivity index (χ4v) is 4.01. The first-order valence-electron chi connectivity index (χ1n) is 11.4. The minimum atomic E-state index is -0.448. The van der Waals surface area contributed by atoms with Crippen molar-refractivity contribution in [2.24, 2.45) is 0 Å². The van der Waals surface area contributed by atoms with Crippen molar-refractivity contribution in [1.29, 1.82) is 0 Å². The van der Waals surface area contributed by atoms with Crippen LogP contribution in [-0.4, -0.2) is 80.4 Å². The summed E-state index contributed by atoms with van der Waals surface area (Å²) in [6, 6.07) is 10.4. The molecule has 0 bridgehead atoms. The lowest BCUT2D eigenvalue weighted by molar-refractivity contribution is -0.133. The fraction of sp³-hybridized carbons (Fsp3) is 0.400. The molecule has 34 heavy (non-hydrogen) atoms. The van der Waals surface area contributed by atoms with Gasteiger partial charge in [-0.15, -0.1) is 0 Å². The summed E-state index contributed by atoms with van der Waals surface area (Å²) in [4.78, 5) is 43.4. The van der Waals surface area contributed by atoms with Crippen molar-refractivity contribution in [2.45, 2.75) is 12.8 Å². The number of ketones is 1. The molecular formula is C25H28FN3O5. The van der Waals surface area contributed by atoms with Gasteiger partial charge in [0.2, 0.25) is 5.91 Å². The Morgan fingerprint density at radius 2 is 1.88 bits per heavy atom. The highest BCUT2D eigenvalue weighted by Crippen LogP contribution is 2.33. The Balaban J connectivity index is 1.37. The zero-order valence-corrected chi connectivity index (χ0v) is 19.2. The number of hydrogen-bond donors (Lipinski definition) is 0. The molecule has 2 amide bonds. The summed E-state index contributed by atoms with van der Waals surface area (Å²) in [5, 5.41) is 0. The number of likely N-dealkylation sites (N-methyl/N-ethyl adjacent to an activating group) is 1. The summed E-state index contributed by atoms with van der Waals surface area (Å²) >= 11 is 0. The number of halogens is 1. The summed E-state index contributed by atoms with van der Waals surface area (Å²) in [7, 11) is 2.04. The predicted octanol–water partition coefficient (Wildman–Crippen LogP) is 2.37. The number of rotatable bonds is 8. The lowest BCUT2D eigenvalue weighted by atomic mass is 10.1. The molecule has 0 radical (unpaired) electrons. The van der Waals surface area contributed by atoms with E-state index >= 15 is 0 Å². The van der Waals surface area contributed by atoms with Gasteiger partial charge in [-0.1, -0.05) is 6.07 Å². The molecule has 180 valence electrons. The van der Waals surface area contributed by atoms with Crippen molar-refractivity contribution in [1.82, 2.24) is 9.80 Å². The van der Waals surface area contributed by atoms with E-state index in [-0.39, 0.29) is 36.6 Å². The van der Waals surface area contributed by atoms with Crippen molar-refractivity contribution in [2.75, 3.05) is 57.9 Å². The lowest BCUT2D eigenvalue weighted by Gasteiger charge is -2.33. The van der Waals surface area contributed by atoms with Gasteiger partial charge in [0.15, 0.2) is 19.0 Å². The second kappa shape index (κ2) is 10.6. The summed E-state index contributed by atoms with van der Waals surface area (Å²) in [5.41, 5.74) is 0.854. The number of anilines is 1. The predicted molar refractivity (Wildman–Crippen MR) is 124 cm³/mol. The molecule has 4 rings (SSSR count). The lowest BCUT2D eigenvalue weighted by Crippen LogP contribution is -2.47. The average Bonchev–Trinajstić information content (AvgIpc) is 2.84. The molecule has 8 nitrogen and oxygen atoms in total. The van der Waals surface area contributed by atoms with E-state index in [1.54, 1.807) is 29.2 Å². The Morgan fingerprint density at radius 3 is 2.65 bits per heavy atom. The monoisotopic (exact) mass is 469 g/mol. The molecule has 0 atom stereocenters. The topological polar surface area (TPSA) is 79.4 Å². The van der Waals surface area contributed by atoms with Crippen LogP contribution in [0.1, 0.15) is 23.2 Å². The Bertz CT molecular complexity index is 1070. The standard InChI is InChI=1S/C25H28FN3O5/c1-27-10-12-28(13-11-27)24(31)6-3-9-29-21-14-18(7-8-23(21)34-17-25(29)32)22(30)16-33-20-5-2-4-19(26)15-20/h2,4-5,7-8,14-15H,3,6,9-13,16-17H2,1H3. The number of piperazine rings is 1. The van der Waals surface area contributed by atoms with E-state index < -0.39 is 5.82 Å². The van der Waals surface area contributed by atoms with Crippen LogP contribution >= 0.6 is 0 Å². The third kappa shape index (κ3) is 5.72. The molecule has 0 unspecified atom stereocenters. The number of fused-ring (bicyclic) bond motifs is 1. The van der Waals surface area contributed by atoms with Gasteiger partial charge in [-0.25, -0.2) is 4.39 Å². The molecule has 2 heterocycles. The number of carbonyl (C=O) groups is 3. The first kappa shape index (κ1) is 23.7. The Kier molecular flexibility index (Phi) is 7.42. The SMILES string of the molecule is CN1CCN(C(=O)CCCN2C(=O)COc3ccc(C(=O)COc4cccc(F)c4)cc32)CC1. The summed E-state index contributed by atoms with van der Waals surface area (Å²) in [6.45, 7) is 3.16. The van der Waals surface area contributed by atoms with E-state index in [1.807, 2.05) is 11.9 Å². The van der Waals surface area contributed by atoms with Crippen LogP contribution in [0.3, 0.4) is 0 Å². The maximum absolute atomic E-state index is 13.3. The van der Waals surface area contributed by atoms with E-state index in [9.17, 15) is 18.8 Å². The molecule has 0 aromatic heterocycles. The molecule has 1 fully saturated rings. The normalized spacial score (nSPS) is 16.1. The van der Waals surface area contributed by atoms with Crippen LogP contribution in [0.25, 0.3) is 0 Å². The minimum Gasteiger partial charge on any atom is -0.485 e. The molecule has 0 saturated carbocycles. The van der Waals surface area contributed by atoms with Crippen LogP contribution in [0, 0.1) is 5.82 Å². The largest absolute Gasteiger partial charge is 0.485 e. The highest BCUT2D eigenvalue weighted by atomic mass is 19.1. The summed E-state index contributed by atoms with van der Waals surface area (Å²) in [6.07, 6.45) is 0.862. The molecule has 0 aliphatic carbocycles. The molecule has 2 aromatic carbocycles. The first-order chi connectivity index (χ1) is 16.4. The molecule has 2 aliphatic heterocycles. The van der Waals surface area contributed by atoms with Crippen molar-refractivity contribution >= 4 is 23.3 Å².